The number of benzene rings is 1. The van der Waals surface area contributed by atoms with Gasteiger partial charge in [0.25, 0.3) is 6.43 Å². The predicted molar refractivity (Wildman–Crippen MR) is 81.6 cm³/mol. The fourth-order valence-corrected chi connectivity index (χ4v) is 2.33. The third-order valence-electron chi connectivity index (χ3n) is 3.42. The lowest BCUT2D eigenvalue weighted by Crippen LogP contribution is -2.06. The van der Waals surface area contributed by atoms with Crippen LogP contribution in [-0.2, 0) is 13.6 Å². The number of nitrogens with one attached hydrogen (secondary N) is 1. The number of para-hydroxylation sites is 1. The summed E-state index contributed by atoms with van der Waals surface area (Å²) in [5.74, 6) is 0.402. The number of hydrogen-bond donors (Lipinski definition) is 2. The fourth-order valence-electron chi connectivity index (χ4n) is 2.33. The van der Waals surface area contributed by atoms with Crippen LogP contribution >= 0.6 is 0 Å². The fraction of sp³-hybridized carbons (Fsp3) is 0.200. The molecule has 3 aromatic rings. The van der Waals surface area contributed by atoms with E-state index in [2.05, 4.69) is 15.4 Å². The molecular weight excluding hydrogens is 288 g/mol. The van der Waals surface area contributed by atoms with Gasteiger partial charge in [0.2, 0.25) is 0 Å². The van der Waals surface area contributed by atoms with Crippen molar-refractivity contribution >= 4 is 22.4 Å². The first-order chi connectivity index (χ1) is 10.5. The summed E-state index contributed by atoms with van der Waals surface area (Å²) in [5.41, 5.74) is 7.83. The molecule has 0 unspecified atom stereocenters. The molecule has 1 aromatic carbocycles. The van der Waals surface area contributed by atoms with E-state index in [4.69, 9.17) is 5.73 Å². The zero-order chi connectivity index (χ0) is 15.7. The molecule has 0 aliphatic carbocycles. The number of nitrogens with two attached hydrogens (primary N) is 1. The van der Waals surface area contributed by atoms with Crippen LogP contribution in [0, 0.1) is 0 Å². The second-order valence-corrected chi connectivity index (χ2v) is 4.95. The van der Waals surface area contributed by atoms with E-state index in [1.807, 2.05) is 24.3 Å². The first kappa shape index (κ1) is 14.2. The average Bonchev–Trinajstić information content (AvgIpc) is 2.86. The molecule has 2 aromatic heterocycles. The third-order valence-corrected chi connectivity index (χ3v) is 3.42. The number of fused-ring (bicyclic) bond motifs is 1. The number of alkyl halides is 2. The van der Waals surface area contributed by atoms with Crippen LogP contribution in [-0.4, -0.2) is 14.8 Å². The van der Waals surface area contributed by atoms with Gasteiger partial charge in [-0.15, -0.1) is 0 Å². The van der Waals surface area contributed by atoms with Crippen LogP contribution in [0.25, 0.3) is 10.9 Å². The lowest BCUT2D eigenvalue weighted by molar-refractivity contribution is 0.145. The minimum atomic E-state index is -2.57. The van der Waals surface area contributed by atoms with E-state index in [0.717, 1.165) is 16.6 Å². The van der Waals surface area contributed by atoms with E-state index in [1.165, 1.54) is 10.7 Å². The van der Waals surface area contributed by atoms with Gasteiger partial charge < -0.3 is 11.1 Å². The summed E-state index contributed by atoms with van der Waals surface area (Å²) in [7, 11) is 1.64. The highest BCUT2D eigenvalue weighted by atomic mass is 19.3. The van der Waals surface area contributed by atoms with Gasteiger partial charge in [0.1, 0.15) is 11.5 Å². The Morgan fingerprint density at radius 3 is 2.77 bits per heavy atom. The molecule has 0 bridgehead atoms. The maximum Gasteiger partial charge on any atom is 0.282 e. The largest absolute Gasteiger partial charge is 0.384 e. The van der Waals surface area contributed by atoms with E-state index in [1.54, 1.807) is 13.1 Å². The molecule has 5 nitrogen and oxygen atoms in total. The smallest absolute Gasteiger partial charge is 0.282 e. The van der Waals surface area contributed by atoms with Crippen LogP contribution in [0.1, 0.15) is 17.8 Å². The quantitative estimate of drug-likeness (QED) is 0.777. The lowest BCUT2D eigenvalue weighted by Gasteiger charge is -2.10. The van der Waals surface area contributed by atoms with Crippen molar-refractivity contribution in [1.29, 1.82) is 0 Å². The maximum absolute atomic E-state index is 12.7. The minimum absolute atomic E-state index is 0.224. The number of nitrogen functional groups attached to an aromatic ring is 1. The molecule has 0 aliphatic heterocycles. The Kier molecular flexibility index (Phi) is 3.62. The number of pyridine rings is 1. The molecule has 0 atom stereocenters. The SMILES string of the molecule is Cn1nc(C(F)F)cc1CNc1cc(N)nc2ccccc12. The molecule has 7 heteroatoms. The molecular formula is C15H15F2N5. The van der Waals surface area contributed by atoms with Crippen LogP contribution in [0.2, 0.25) is 0 Å². The topological polar surface area (TPSA) is 68.8 Å². The summed E-state index contributed by atoms with van der Waals surface area (Å²) in [6.07, 6.45) is -2.57. The molecule has 0 saturated carbocycles. The molecule has 3 N–H and O–H groups in total. The van der Waals surface area contributed by atoms with Crippen molar-refractivity contribution in [3.63, 3.8) is 0 Å². The maximum atomic E-state index is 12.7. The van der Waals surface area contributed by atoms with Crippen LogP contribution in [0.3, 0.4) is 0 Å². The second kappa shape index (κ2) is 5.59. The summed E-state index contributed by atoms with van der Waals surface area (Å²) in [6.45, 7) is 0.365. The van der Waals surface area contributed by atoms with Crippen molar-refractivity contribution in [2.24, 2.45) is 7.05 Å². The first-order valence-corrected chi connectivity index (χ1v) is 6.74. The van der Waals surface area contributed by atoms with E-state index in [-0.39, 0.29) is 5.69 Å². The van der Waals surface area contributed by atoms with Crippen molar-refractivity contribution in [3.8, 4) is 0 Å². The van der Waals surface area contributed by atoms with Crippen LogP contribution < -0.4 is 11.1 Å². The van der Waals surface area contributed by atoms with E-state index in [0.29, 0.717) is 18.1 Å². The van der Waals surface area contributed by atoms with Crippen molar-refractivity contribution < 1.29 is 8.78 Å². The molecule has 0 spiro atoms. The van der Waals surface area contributed by atoms with Gasteiger partial charge >= 0.3 is 0 Å². The van der Waals surface area contributed by atoms with Crippen molar-refractivity contribution in [3.05, 3.63) is 47.8 Å². The van der Waals surface area contributed by atoms with E-state index >= 15 is 0 Å². The predicted octanol–water partition coefficient (Wildman–Crippen LogP) is 3.10. The van der Waals surface area contributed by atoms with Gasteiger partial charge in [0.05, 0.1) is 17.8 Å². The number of anilines is 2. The monoisotopic (exact) mass is 303 g/mol. The van der Waals surface area contributed by atoms with Gasteiger partial charge in [-0.25, -0.2) is 13.8 Å². The Balaban J connectivity index is 1.88. The Hall–Kier alpha value is -2.70. The second-order valence-electron chi connectivity index (χ2n) is 4.95. The van der Waals surface area contributed by atoms with Gasteiger partial charge in [-0.2, -0.15) is 5.10 Å². The number of aryl methyl sites for hydroxylation is 1. The van der Waals surface area contributed by atoms with E-state index < -0.39 is 6.43 Å². The molecule has 3 rings (SSSR count). The van der Waals surface area contributed by atoms with Crippen molar-refractivity contribution in [2.45, 2.75) is 13.0 Å². The van der Waals surface area contributed by atoms with Crippen LogP contribution in [0.15, 0.2) is 36.4 Å². The average molecular weight is 303 g/mol. The van der Waals surface area contributed by atoms with Crippen molar-refractivity contribution in [2.75, 3.05) is 11.1 Å². The molecule has 2 heterocycles. The minimum Gasteiger partial charge on any atom is -0.384 e. The number of halogens is 2. The Morgan fingerprint density at radius 1 is 1.27 bits per heavy atom. The summed E-state index contributed by atoms with van der Waals surface area (Å²) >= 11 is 0. The highest BCUT2D eigenvalue weighted by Crippen LogP contribution is 2.25. The summed E-state index contributed by atoms with van der Waals surface area (Å²) in [6, 6.07) is 10.7. The Morgan fingerprint density at radius 2 is 2.05 bits per heavy atom. The van der Waals surface area contributed by atoms with Crippen LogP contribution in [0.5, 0.6) is 0 Å². The molecule has 0 fully saturated rings. The number of hydrogen-bond acceptors (Lipinski definition) is 4. The first-order valence-electron chi connectivity index (χ1n) is 6.74. The van der Waals surface area contributed by atoms with Gasteiger partial charge in [-0.05, 0) is 12.1 Å². The van der Waals surface area contributed by atoms with Gasteiger partial charge in [0, 0.05) is 24.2 Å². The lowest BCUT2D eigenvalue weighted by atomic mass is 10.2. The molecule has 0 saturated heterocycles. The highest BCUT2D eigenvalue weighted by molar-refractivity contribution is 5.92. The molecule has 0 amide bonds. The highest BCUT2D eigenvalue weighted by Gasteiger charge is 2.14. The van der Waals surface area contributed by atoms with Crippen LogP contribution in [0.4, 0.5) is 20.3 Å². The molecule has 0 radical (unpaired) electrons. The summed E-state index contributed by atoms with van der Waals surface area (Å²) < 4.78 is 26.8. The summed E-state index contributed by atoms with van der Waals surface area (Å²) in [5, 5.41) is 7.93. The molecule has 114 valence electrons. The zero-order valence-corrected chi connectivity index (χ0v) is 11.9. The number of nitrogens with zero attached hydrogens (tertiary/aromatic N) is 3. The van der Waals surface area contributed by atoms with Gasteiger partial charge in [-0.1, -0.05) is 18.2 Å². The molecule has 22 heavy (non-hydrogen) atoms. The standard InChI is InChI=1S/C15H15F2N5/c1-22-9(6-13(21-22)15(16)17)8-19-12-7-14(18)20-11-5-3-2-4-10(11)12/h2-7,15H,8H2,1H3,(H3,18,19,20). The molecule has 0 aliphatic rings. The third kappa shape index (κ3) is 2.69. The Bertz CT molecular complexity index is 813. The number of aromatic nitrogens is 3. The van der Waals surface area contributed by atoms with Gasteiger partial charge in [-0.3, -0.25) is 4.68 Å². The normalized spacial score (nSPS) is 11.3. The number of rotatable bonds is 4. The Labute approximate surface area is 125 Å². The summed E-state index contributed by atoms with van der Waals surface area (Å²) in [4.78, 5) is 4.26. The van der Waals surface area contributed by atoms with E-state index in [9.17, 15) is 8.78 Å². The van der Waals surface area contributed by atoms with Crippen molar-refractivity contribution in [1.82, 2.24) is 14.8 Å². The zero-order valence-electron chi connectivity index (χ0n) is 11.9. The van der Waals surface area contributed by atoms with Gasteiger partial charge in [0.15, 0.2) is 0 Å².